The predicted octanol–water partition coefficient (Wildman–Crippen LogP) is 1.79. The molecule has 2 heterocycles. The molecule has 142 valence electrons. The molecule has 0 aliphatic carbocycles. The molecule has 0 radical (unpaired) electrons. The lowest BCUT2D eigenvalue weighted by molar-refractivity contribution is 0.0512. The average molecular weight is 365 g/mol. The molecule has 1 amide bonds. The molecule has 0 unspecified atom stereocenters. The van der Waals surface area contributed by atoms with Crippen molar-refractivity contribution in [3.05, 3.63) is 60.2 Å². The van der Waals surface area contributed by atoms with Gasteiger partial charge in [0.15, 0.2) is 0 Å². The maximum atomic E-state index is 12.9. The molecule has 0 spiro atoms. The van der Waals surface area contributed by atoms with E-state index < -0.39 is 6.10 Å². The molecule has 0 aromatic heterocycles. The fourth-order valence-electron chi connectivity index (χ4n) is 4.07. The van der Waals surface area contributed by atoms with Crippen LogP contribution in [0.2, 0.25) is 0 Å². The van der Waals surface area contributed by atoms with Crippen LogP contribution in [0.4, 0.5) is 0 Å². The maximum absolute atomic E-state index is 12.9. The van der Waals surface area contributed by atoms with E-state index in [0.29, 0.717) is 18.7 Å². The van der Waals surface area contributed by atoms with Crippen molar-refractivity contribution in [2.45, 2.75) is 12.1 Å². The number of aliphatic hydroxyl groups is 1. The van der Waals surface area contributed by atoms with Gasteiger partial charge in [-0.2, -0.15) is 0 Å². The molecule has 5 nitrogen and oxygen atoms in total. The SMILES string of the molecule is CN1CCN([C@@H]2CN(C(=O)c3ccc(-c4ccccc4)cc3)C[C@H]2O)CC1. The van der Waals surface area contributed by atoms with E-state index >= 15 is 0 Å². The Morgan fingerprint density at radius 2 is 1.52 bits per heavy atom. The summed E-state index contributed by atoms with van der Waals surface area (Å²) in [5.74, 6) is 0.00490. The third-order valence-electron chi connectivity index (χ3n) is 5.79. The molecule has 27 heavy (non-hydrogen) atoms. The molecule has 4 rings (SSSR count). The molecule has 1 N–H and O–H groups in total. The normalized spacial score (nSPS) is 24.3. The summed E-state index contributed by atoms with van der Waals surface area (Å²) in [4.78, 5) is 19.3. The average Bonchev–Trinajstić information content (AvgIpc) is 3.10. The summed E-state index contributed by atoms with van der Waals surface area (Å²) >= 11 is 0. The number of β-amino-alcohol motifs (C(OH)–C–C–N with tert-alkyl or cyclic N) is 1. The number of piperazine rings is 1. The van der Waals surface area contributed by atoms with Crippen LogP contribution in [0.3, 0.4) is 0 Å². The summed E-state index contributed by atoms with van der Waals surface area (Å²) in [6.07, 6.45) is -0.471. The number of nitrogens with zero attached hydrogens (tertiary/aromatic N) is 3. The minimum atomic E-state index is -0.471. The Balaban J connectivity index is 1.42. The molecular weight excluding hydrogens is 338 g/mol. The first-order chi connectivity index (χ1) is 13.1. The van der Waals surface area contributed by atoms with E-state index in [0.717, 1.165) is 37.3 Å². The highest BCUT2D eigenvalue weighted by atomic mass is 16.3. The summed E-state index contributed by atoms with van der Waals surface area (Å²) < 4.78 is 0. The number of hydrogen-bond donors (Lipinski definition) is 1. The van der Waals surface area contributed by atoms with Crippen LogP contribution in [-0.4, -0.2) is 84.2 Å². The zero-order valence-electron chi connectivity index (χ0n) is 15.8. The Kier molecular flexibility index (Phi) is 5.25. The van der Waals surface area contributed by atoms with Crippen molar-refractivity contribution in [2.24, 2.45) is 0 Å². The number of benzene rings is 2. The molecule has 2 saturated heterocycles. The summed E-state index contributed by atoms with van der Waals surface area (Å²) in [6.45, 7) is 4.94. The zero-order chi connectivity index (χ0) is 18.8. The van der Waals surface area contributed by atoms with Crippen molar-refractivity contribution in [1.29, 1.82) is 0 Å². The molecule has 0 bridgehead atoms. The van der Waals surface area contributed by atoms with Crippen LogP contribution in [-0.2, 0) is 0 Å². The lowest BCUT2D eigenvalue weighted by Crippen LogP contribution is -2.52. The van der Waals surface area contributed by atoms with Gasteiger partial charge in [-0.1, -0.05) is 42.5 Å². The van der Waals surface area contributed by atoms with E-state index in [9.17, 15) is 9.90 Å². The minimum absolute atomic E-state index is 0.00490. The number of likely N-dealkylation sites (tertiary alicyclic amines) is 1. The van der Waals surface area contributed by atoms with E-state index in [1.54, 1.807) is 4.90 Å². The standard InChI is InChI=1S/C22H27N3O2/c1-23-11-13-24(14-12-23)20-15-25(16-21(20)26)22(27)19-9-7-18(8-10-19)17-5-3-2-4-6-17/h2-10,20-21,26H,11-16H2,1H3/t20-,21-/m1/s1. The van der Waals surface area contributed by atoms with Crippen molar-refractivity contribution in [3.63, 3.8) is 0 Å². The van der Waals surface area contributed by atoms with Crippen LogP contribution in [0.1, 0.15) is 10.4 Å². The number of carbonyl (C=O) groups excluding carboxylic acids is 1. The summed E-state index contributed by atoms with van der Waals surface area (Å²) in [6, 6.07) is 18.0. The van der Waals surface area contributed by atoms with Gasteiger partial charge < -0.3 is 14.9 Å². The molecule has 2 aliphatic rings. The van der Waals surface area contributed by atoms with Gasteiger partial charge in [0, 0.05) is 44.8 Å². The second-order valence-electron chi connectivity index (χ2n) is 7.63. The van der Waals surface area contributed by atoms with Crippen molar-refractivity contribution < 1.29 is 9.90 Å². The first kappa shape index (κ1) is 18.2. The quantitative estimate of drug-likeness (QED) is 0.901. The third-order valence-corrected chi connectivity index (χ3v) is 5.79. The lowest BCUT2D eigenvalue weighted by atomic mass is 10.0. The number of hydrogen-bond acceptors (Lipinski definition) is 4. The Labute approximate surface area is 160 Å². The second kappa shape index (κ2) is 7.80. The van der Waals surface area contributed by atoms with Crippen LogP contribution in [0, 0.1) is 0 Å². The molecule has 2 aromatic carbocycles. The van der Waals surface area contributed by atoms with E-state index in [1.807, 2.05) is 42.5 Å². The Hall–Kier alpha value is -2.21. The van der Waals surface area contributed by atoms with E-state index in [4.69, 9.17) is 0 Å². The molecule has 2 aromatic rings. The van der Waals surface area contributed by atoms with Crippen molar-refractivity contribution in [3.8, 4) is 11.1 Å². The van der Waals surface area contributed by atoms with Crippen LogP contribution in [0.25, 0.3) is 11.1 Å². The van der Waals surface area contributed by atoms with Crippen LogP contribution < -0.4 is 0 Å². The first-order valence-electron chi connectivity index (χ1n) is 9.67. The number of rotatable bonds is 3. The number of likely N-dealkylation sites (N-methyl/N-ethyl adjacent to an activating group) is 1. The second-order valence-corrected chi connectivity index (χ2v) is 7.63. The van der Waals surface area contributed by atoms with Gasteiger partial charge >= 0.3 is 0 Å². The predicted molar refractivity (Wildman–Crippen MR) is 107 cm³/mol. The number of amides is 1. The van der Waals surface area contributed by atoms with Gasteiger partial charge in [0.25, 0.3) is 5.91 Å². The fraction of sp³-hybridized carbons (Fsp3) is 0.409. The van der Waals surface area contributed by atoms with Crippen LogP contribution in [0.15, 0.2) is 54.6 Å². The van der Waals surface area contributed by atoms with Crippen molar-refractivity contribution in [1.82, 2.24) is 14.7 Å². The highest BCUT2D eigenvalue weighted by Crippen LogP contribution is 2.23. The van der Waals surface area contributed by atoms with Crippen LogP contribution >= 0.6 is 0 Å². The Bertz CT molecular complexity index is 770. The molecule has 2 fully saturated rings. The van der Waals surface area contributed by atoms with Gasteiger partial charge in [-0.25, -0.2) is 0 Å². The van der Waals surface area contributed by atoms with Crippen molar-refractivity contribution in [2.75, 3.05) is 46.3 Å². The van der Waals surface area contributed by atoms with E-state index in [2.05, 4.69) is 29.0 Å². The highest BCUT2D eigenvalue weighted by molar-refractivity contribution is 5.95. The Morgan fingerprint density at radius 3 is 2.19 bits per heavy atom. The van der Waals surface area contributed by atoms with Gasteiger partial charge in [0.2, 0.25) is 0 Å². The van der Waals surface area contributed by atoms with Gasteiger partial charge in [-0.3, -0.25) is 9.69 Å². The number of carbonyl (C=O) groups is 1. The smallest absolute Gasteiger partial charge is 0.253 e. The van der Waals surface area contributed by atoms with Crippen molar-refractivity contribution >= 4 is 5.91 Å². The molecule has 2 atom stereocenters. The molecule has 0 saturated carbocycles. The van der Waals surface area contributed by atoms with E-state index in [-0.39, 0.29) is 11.9 Å². The topological polar surface area (TPSA) is 47.0 Å². The molecule has 2 aliphatic heterocycles. The van der Waals surface area contributed by atoms with E-state index in [1.165, 1.54) is 0 Å². The largest absolute Gasteiger partial charge is 0.390 e. The maximum Gasteiger partial charge on any atom is 0.253 e. The zero-order valence-corrected chi connectivity index (χ0v) is 15.8. The Morgan fingerprint density at radius 1 is 0.889 bits per heavy atom. The van der Waals surface area contributed by atoms with Gasteiger partial charge in [0.05, 0.1) is 12.1 Å². The summed E-state index contributed by atoms with van der Waals surface area (Å²) in [5.41, 5.74) is 2.92. The summed E-state index contributed by atoms with van der Waals surface area (Å²) in [7, 11) is 2.12. The molecule has 5 heteroatoms. The highest BCUT2D eigenvalue weighted by Gasteiger charge is 2.38. The molecular formula is C22H27N3O2. The van der Waals surface area contributed by atoms with Gasteiger partial charge in [-0.15, -0.1) is 0 Å². The lowest BCUT2D eigenvalue weighted by Gasteiger charge is -2.37. The van der Waals surface area contributed by atoms with Crippen LogP contribution in [0.5, 0.6) is 0 Å². The number of aliphatic hydroxyl groups excluding tert-OH is 1. The minimum Gasteiger partial charge on any atom is -0.390 e. The first-order valence-corrected chi connectivity index (χ1v) is 9.67. The third kappa shape index (κ3) is 3.90. The fourth-order valence-corrected chi connectivity index (χ4v) is 4.07. The summed E-state index contributed by atoms with van der Waals surface area (Å²) in [5, 5.41) is 10.5. The van der Waals surface area contributed by atoms with Gasteiger partial charge in [0.1, 0.15) is 0 Å². The van der Waals surface area contributed by atoms with Gasteiger partial charge in [-0.05, 0) is 30.3 Å². The monoisotopic (exact) mass is 365 g/mol.